The Hall–Kier alpha value is -2.28. The summed E-state index contributed by atoms with van der Waals surface area (Å²) in [6.45, 7) is 0.923. The number of carboxylic acids is 1. The smallest absolute Gasteiger partial charge is 0.317 e. The third-order valence-corrected chi connectivity index (χ3v) is 5.14. The largest absolute Gasteiger partial charge is 0.493 e. The molecule has 0 atom stereocenters. The molecular formula is C19H26N2O5. The minimum absolute atomic E-state index is 0.0545. The van der Waals surface area contributed by atoms with Crippen LogP contribution in [0, 0.1) is 5.92 Å². The summed E-state index contributed by atoms with van der Waals surface area (Å²) in [6.07, 6.45) is 3.94. The fourth-order valence-electron chi connectivity index (χ4n) is 3.48. The molecule has 0 heterocycles. The Morgan fingerprint density at radius 1 is 1.23 bits per heavy atom. The van der Waals surface area contributed by atoms with Crippen molar-refractivity contribution in [2.45, 2.75) is 37.8 Å². The topological polar surface area (TPSA) is 88.1 Å². The molecule has 2 fully saturated rings. The number of amides is 1. The van der Waals surface area contributed by atoms with Crippen LogP contribution in [0.25, 0.3) is 0 Å². The maximum absolute atomic E-state index is 12.6. The van der Waals surface area contributed by atoms with Crippen molar-refractivity contribution >= 4 is 11.9 Å². The molecule has 3 rings (SSSR count). The van der Waals surface area contributed by atoms with Crippen molar-refractivity contribution in [1.82, 2.24) is 10.2 Å². The summed E-state index contributed by atoms with van der Waals surface area (Å²) in [5.41, 5.74) is 0.440. The van der Waals surface area contributed by atoms with Gasteiger partial charge in [0.1, 0.15) is 0 Å². The van der Waals surface area contributed by atoms with E-state index in [1.807, 2.05) is 0 Å². The molecule has 7 nitrogen and oxygen atoms in total. The number of hydrogen-bond acceptors (Lipinski definition) is 5. The van der Waals surface area contributed by atoms with Gasteiger partial charge in [-0.15, -0.1) is 0 Å². The number of aliphatic carboxylic acids is 1. The molecule has 2 saturated carbocycles. The number of carbonyl (C=O) groups is 2. The Bertz CT molecular complexity index is 668. The van der Waals surface area contributed by atoms with Crippen LogP contribution < -0.4 is 14.8 Å². The predicted molar refractivity (Wildman–Crippen MR) is 95.8 cm³/mol. The number of nitrogens with one attached hydrogen (secondary N) is 1. The van der Waals surface area contributed by atoms with Crippen molar-refractivity contribution in [2.75, 3.05) is 27.3 Å². The fourth-order valence-corrected chi connectivity index (χ4v) is 3.48. The van der Waals surface area contributed by atoms with Crippen LogP contribution >= 0.6 is 0 Å². The minimum atomic E-state index is -0.792. The number of benzene rings is 1. The highest BCUT2D eigenvalue weighted by Gasteiger charge is 2.38. The van der Waals surface area contributed by atoms with Gasteiger partial charge in [0.25, 0.3) is 5.91 Å². The lowest BCUT2D eigenvalue weighted by Gasteiger charge is -2.42. The average molecular weight is 362 g/mol. The van der Waals surface area contributed by atoms with E-state index in [2.05, 4.69) is 10.2 Å². The molecule has 0 spiro atoms. The lowest BCUT2D eigenvalue weighted by atomic mass is 9.85. The number of ether oxygens (including phenoxy) is 2. The van der Waals surface area contributed by atoms with Gasteiger partial charge in [-0.3, -0.25) is 14.5 Å². The standard InChI is InChI=1S/C19H26N2O5/c1-25-16-5-3-4-15(18(16)26-2)19(24)20-13-8-14(9-13)21(11-17(22)23)10-12-6-7-12/h3-5,12-14H,6-11H2,1-2H3,(H,20,24)(H,22,23). The first-order chi connectivity index (χ1) is 12.5. The first-order valence-corrected chi connectivity index (χ1v) is 8.99. The maximum Gasteiger partial charge on any atom is 0.317 e. The molecular weight excluding hydrogens is 336 g/mol. The van der Waals surface area contributed by atoms with Crippen molar-refractivity contribution in [2.24, 2.45) is 5.92 Å². The number of rotatable bonds is 9. The molecule has 2 aliphatic carbocycles. The summed E-state index contributed by atoms with van der Waals surface area (Å²) in [4.78, 5) is 25.7. The lowest BCUT2D eigenvalue weighted by Crippen LogP contribution is -2.55. The summed E-state index contributed by atoms with van der Waals surface area (Å²) < 4.78 is 10.5. The third-order valence-electron chi connectivity index (χ3n) is 5.14. The van der Waals surface area contributed by atoms with Crippen LogP contribution in [-0.2, 0) is 4.79 Å². The zero-order valence-electron chi connectivity index (χ0n) is 15.2. The van der Waals surface area contributed by atoms with Crippen molar-refractivity contribution < 1.29 is 24.2 Å². The molecule has 7 heteroatoms. The van der Waals surface area contributed by atoms with Gasteiger partial charge in [-0.05, 0) is 43.7 Å². The number of carbonyl (C=O) groups excluding carboxylic acids is 1. The predicted octanol–water partition coefficient (Wildman–Crippen LogP) is 1.76. The highest BCUT2D eigenvalue weighted by Crippen LogP contribution is 2.34. The molecule has 0 aromatic heterocycles. The summed E-state index contributed by atoms with van der Waals surface area (Å²) in [7, 11) is 3.04. The molecule has 2 aliphatic rings. The molecule has 0 radical (unpaired) electrons. The van der Waals surface area contributed by atoms with Crippen molar-refractivity contribution in [3.05, 3.63) is 23.8 Å². The Kier molecular flexibility index (Phi) is 5.66. The fraction of sp³-hybridized carbons (Fsp3) is 0.579. The Morgan fingerprint density at radius 3 is 2.54 bits per heavy atom. The van der Waals surface area contributed by atoms with Crippen molar-refractivity contribution in [3.63, 3.8) is 0 Å². The summed E-state index contributed by atoms with van der Waals surface area (Å²) in [5.74, 6) is 0.591. The molecule has 2 N–H and O–H groups in total. The highest BCUT2D eigenvalue weighted by molar-refractivity contribution is 5.98. The van der Waals surface area contributed by atoms with E-state index in [0.717, 1.165) is 19.4 Å². The minimum Gasteiger partial charge on any atom is -0.493 e. The zero-order chi connectivity index (χ0) is 18.7. The van der Waals surface area contributed by atoms with Crippen LogP contribution in [0.15, 0.2) is 18.2 Å². The van der Waals surface area contributed by atoms with Gasteiger partial charge < -0.3 is 19.9 Å². The second kappa shape index (κ2) is 7.95. The normalized spacial score (nSPS) is 21.8. The molecule has 1 amide bonds. The molecule has 0 unspecified atom stereocenters. The van der Waals surface area contributed by atoms with E-state index >= 15 is 0 Å². The number of carboxylic acid groups (broad SMARTS) is 1. The van der Waals surface area contributed by atoms with E-state index in [9.17, 15) is 9.59 Å². The number of para-hydroxylation sites is 1. The first-order valence-electron chi connectivity index (χ1n) is 8.99. The molecule has 142 valence electrons. The van der Waals surface area contributed by atoms with Gasteiger partial charge in [0.15, 0.2) is 11.5 Å². The SMILES string of the molecule is COc1cccc(C(=O)NC2CC(N(CC(=O)O)CC3CC3)C2)c1OC. The summed E-state index contributed by atoms with van der Waals surface area (Å²) in [6, 6.07) is 5.49. The van der Waals surface area contributed by atoms with E-state index in [0.29, 0.717) is 23.0 Å². The van der Waals surface area contributed by atoms with Gasteiger partial charge in [0, 0.05) is 18.6 Å². The van der Waals surface area contributed by atoms with Crippen molar-refractivity contribution in [3.8, 4) is 11.5 Å². The second-order valence-corrected chi connectivity index (χ2v) is 7.10. The molecule has 0 bridgehead atoms. The van der Waals surface area contributed by atoms with E-state index in [4.69, 9.17) is 14.6 Å². The van der Waals surface area contributed by atoms with Crippen molar-refractivity contribution in [1.29, 1.82) is 0 Å². The quantitative estimate of drug-likeness (QED) is 0.696. The van der Waals surface area contributed by atoms with Crippen LogP contribution in [0.5, 0.6) is 11.5 Å². The average Bonchev–Trinajstić information content (AvgIpc) is 3.39. The van der Waals surface area contributed by atoms with Gasteiger partial charge in [-0.25, -0.2) is 0 Å². The monoisotopic (exact) mass is 362 g/mol. The van der Waals surface area contributed by atoms with Crippen LogP contribution in [0.4, 0.5) is 0 Å². The molecule has 26 heavy (non-hydrogen) atoms. The lowest BCUT2D eigenvalue weighted by molar-refractivity contribution is -0.139. The highest BCUT2D eigenvalue weighted by atomic mass is 16.5. The van der Waals surface area contributed by atoms with Crippen LogP contribution in [0.2, 0.25) is 0 Å². The maximum atomic E-state index is 12.6. The first kappa shape index (κ1) is 18.5. The van der Waals surface area contributed by atoms with Crippen LogP contribution in [-0.4, -0.2) is 61.3 Å². The molecule has 1 aromatic carbocycles. The van der Waals surface area contributed by atoms with Gasteiger partial charge in [-0.2, -0.15) is 0 Å². The molecule has 1 aromatic rings. The van der Waals surface area contributed by atoms with Gasteiger partial charge in [-0.1, -0.05) is 6.07 Å². The van der Waals surface area contributed by atoms with E-state index in [1.165, 1.54) is 27.1 Å². The third kappa shape index (κ3) is 4.27. The summed E-state index contributed by atoms with van der Waals surface area (Å²) in [5, 5.41) is 12.1. The van der Waals surface area contributed by atoms with E-state index < -0.39 is 5.97 Å². The Morgan fingerprint density at radius 2 is 1.96 bits per heavy atom. The molecule has 0 saturated heterocycles. The van der Waals surface area contributed by atoms with Crippen LogP contribution in [0.1, 0.15) is 36.0 Å². The Balaban J connectivity index is 1.56. The Labute approximate surface area is 153 Å². The number of hydrogen-bond donors (Lipinski definition) is 2. The van der Waals surface area contributed by atoms with Gasteiger partial charge >= 0.3 is 5.97 Å². The zero-order valence-corrected chi connectivity index (χ0v) is 15.2. The van der Waals surface area contributed by atoms with Gasteiger partial charge in [0.2, 0.25) is 0 Å². The van der Waals surface area contributed by atoms with Gasteiger partial charge in [0.05, 0.1) is 26.3 Å². The second-order valence-electron chi connectivity index (χ2n) is 7.10. The van der Waals surface area contributed by atoms with E-state index in [1.54, 1.807) is 18.2 Å². The number of nitrogens with zero attached hydrogens (tertiary/aromatic N) is 1. The summed E-state index contributed by atoms with van der Waals surface area (Å²) >= 11 is 0. The molecule has 0 aliphatic heterocycles. The van der Waals surface area contributed by atoms with Crippen LogP contribution in [0.3, 0.4) is 0 Å². The van der Waals surface area contributed by atoms with E-state index in [-0.39, 0.29) is 24.5 Å². The number of methoxy groups -OCH3 is 2.